The van der Waals surface area contributed by atoms with Crippen molar-refractivity contribution in [2.24, 2.45) is 5.92 Å². The van der Waals surface area contributed by atoms with Crippen molar-refractivity contribution >= 4 is 28.8 Å². The Morgan fingerprint density at radius 3 is 2.79 bits per heavy atom. The first-order valence-electron chi connectivity index (χ1n) is 5.98. The number of rotatable bonds is 4. The summed E-state index contributed by atoms with van der Waals surface area (Å²) in [6.45, 7) is 4.29. The van der Waals surface area contributed by atoms with Crippen molar-refractivity contribution < 1.29 is 0 Å². The van der Waals surface area contributed by atoms with Gasteiger partial charge in [0.05, 0.1) is 17.7 Å². The molecule has 3 nitrogen and oxygen atoms in total. The van der Waals surface area contributed by atoms with Crippen LogP contribution >= 0.6 is 22.9 Å². The van der Waals surface area contributed by atoms with Gasteiger partial charge in [-0.2, -0.15) is 5.26 Å². The highest BCUT2D eigenvalue weighted by Gasteiger charge is 2.17. The summed E-state index contributed by atoms with van der Waals surface area (Å²) in [7, 11) is 0. The zero-order chi connectivity index (χ0) is 13.8. The van der Waals surface area contributed by atoms with E-state index in [0.717, 1.165) is 0 Å². The van der Waals surface area contributed by atoms with Crippen LogP contribution in [0.3, 0.4) is 0 Å². The van der Waals surface area contributed by atoms with E-state index in [9.17, 15) is 0 Å². The van der Waals surface area contributed by atoms with Crippen LogP contribution in [-0.2, 0) is 0 Å². The van der Waals surface area contributed by atoms with Gasteiger partial charge in [-0.25, -0.2) is 4.98 Å². The molecule has 0 saturated heterocycles. The zero-order valence-corrected chi connectivity index (χ0v) is 12.3. The summed E-state index contributed by atoms with van der Waals surface area (Å²) in [5.41, 5.74) is 0.510. The minimum Gasteiger partial charge on any atom is -0.362 e. The molecule has 1 N–H and O–H groups in total. The van der Waals surface area contributed by atoms with Gasteiger partial charge in [-0.05, 0) is 29.5 Å². The Bertz CT molecular complexity index is 587. The summed E-state index contributed by atoms with van der Waals surface area (Å²) in [5, 5.41) is 14.7. The normalized spacial score (nSPS) is 12.2. The van der Waals surface area contributed by atoms with Gasteiger partial charge in [0.15, 0.2) is 0 Å². The van der Waals surface area contributed by atoms with Gasteiger partial charge in [-0.3, -0.25) is 0 Å². The molecule has 0 amide bonds. The number of nitriles is 1. The number of pyridine rings is 1. The van der Waals surface area contributed by atoms with Gasteiger partial charge in [0.1, 0.15) is 11.0 Å². The van der Waals surface area contributed by atoms with E-state index in [1.165, 1.54) is 4.88 Å². The minimum absolute atomic E-state index is 0.164. The number of aromatic nitrogens is 1. The lowest BCUT2D eigenvalue weighted by Gasteiger charge is -2.22. The number of nitrogens with zero attached hydrogens (tertiary/aromatic N) is 2. The number of hydrogen-bond donors (Lipinski definition) is 1. The molecule has 5 heteroatoms. The molecule has 0 aliphatic heterocycles. The second kappa shape index (κ2) is 6.05. The van der Waals surface area contributed by atoms with Crippen LogP contribution in [0, 0.1) is 17.2 Å². The number of halogens is 1. The predicted octanol–water partition coefficient (Wildman–Crippen LogP) is 4.48. The number of nitrogens with one attached hydrogen (secondary N) is 1. The minimum atomic E-state index is 0.164. The highest BCUT2D eigenvalue weighted by molar-refractivity contribution is 7.10. The fourth-order valence-electron chi connectivity index (χ4n) is 1.83. The maximum absolute atomic E-state index is 8.95. The highest BCUT2D eigenvalue weighted by atomic mass is 35.5. The molecule has 2 rings (SSSR count). The van der Waals surface area contributed by atoms with Crippen LogP contribution in [0.25, 0.3) is 0 Å². The third kappa shape index (κ3) is 3.46. The van der Waals surface area contributed by atoms with Crippen molar-refractivity contribution in [3.63, 3.8) is 0 Å². The van der Waals surface area contributed by atoms with E-state index in [0.29, 0.717) is 22.5 Å². The molecule has 2 heterocycles. The molecule has 0 radical (unpaired) electrons. The Labute approximate surface area is 121 Å². The van der Waals surface area contributed by atoms with E-state index in [4.69, 9.17) is 16.9 Å². The van der Waals surface area contributed by atoms with Crippen molar-refractivity contribution in [3.8, 4) is 6.07 Å². The fraction of sp³-hybridized carbons (Fsp3) is 0.286. The van der Waals surface area contributed by atoms with Crippen LogP contribution in [0.15, 0.2) is 29.6 Å². The zero-order valence-electron chi connectivity index (χ0n) is 10.7. The Morgan fingerprint density at radius 2 is 2.21 bits per heavy atom. The van der Waals surface area contributed by atoms with Crippen molar-refractivity contribution in [2.75, 3.05) is 5.32 Å². The van der Waals surface area contributed by atoms with Gasteiger partial charge in [0.25, 0.3) is 0 Å². The highest BCUT2D eigenvalue weighted by Crippen LogP contribution is 2.29. The molecular weight excluding hydrogens is 278 g/mol. The maximum atomic E-state index is 8.95. The summed E-state index contributed by atoms with van der Waals surface area (Å²) < 4.78 is 0. The molecule has 19 heavy (non-hydrogen) atoms. The van der Waals surface area contributed by atoms with Gasteiger partial charge in [0.2, 0.25) is 0 Å². The van der Waals surface area contributed by atoms with E-state index >= 15 is 0 Å². The van der Waals surface area contributed by atoms with Crippen LogP contribution in [-0.4, -0.2) is 4.98 Å². The monoisotopic (exact) mass is 291 g/mol. The summed E-state index contributed by atoms with van der Waals surface area (Å²) >= 11 is 7.62. The smallest absolute Gasteiger partial charge is 0.132 e. The van der Waals surface area contributed by atoms with Crippen molar-refractivity contribution in [1.29, 1.82) is 5.26 Å². The molecule has 1 unspecified atom stereocenters. The molecule has 0 fully saturated rings. The first kappa shape index (κ1) is 13.9. The molecule has 0 aromatic carbocycles. The average Bonchev–Trinajstić information content (AvgIpc) is 2.88. The number of thiophene rings is 1. The lowest BCUT2D eigenvalue weighted by molar-refractivity contribution is 0.552. The van der Waals surface area contributed by atoms with Crippen LogP contribution in [0.2, 0.25) is 5.15 Å². The van der Waals surface area contributed by atoms with Crippen molar-refractivity contribution in [2.45, 2.75) is 19.9 Å². The lowest BCUT2D eigenvalue weighted by atomic mass is 10.0. The molecule has 0 aliphatic carbocycles. The molecule has 2 aromatic heterocycles. The van der Waals surface area contributed by atoms with E-state index in [1.54, 1.807) is 23.5 Å². The Kier molecular flexibility index (Phi) is 4.41. The Hall–Kier alpha value is -1.57. The van der Waals surface area contributed by atoms with E-state index in [2.05, 4.69) is 41.7 Å². The lowest BCUT2D eigenvalue weighted by Crippen LogP contribution is -2.16. The average molecular weight is 292 g/mol. The molecule has 0 bridgehead atoms. The third-order valence-electron chi connectivity index (χ3n) is 2.74. The number of hydrogen-bond acceptors (Lipinski definition) is 4. The topological polar surface area (TPSA) is 48.7 Å². The molecule has 0 saturated carbocycles. The van der Waals surface area contributed by atoms with Crippen LogP contribution in [0.1, 0.15) is 30.3 Å². The van der Waals surface area contributed by atoms with Gasteiger partial charge in [0, 0.05) is 4.88 Å². The van der Waals surface area contributed by atoms with Crippen LogP contribution < -0.4 is 5.32 Å². The maximum Gasteiger partial charge on any atom is 0.132 e. The SMILES string of the molecule is CC(C)C(Nc1cc(C#N)cc(Cl)n1)c1cccs1. The van der Waals surface area contributed by atoms with E-state index < -0.39 is 0 Å². The van der Waals surface area contributed by atoms with Crippen molar-refractivity contribution in [3.05, 3.63) is 45.2 Å². The fourth-order valence-corrected chi connectivity index (χ4v) is 2.99. The second-order valence-electron chi connectivity index (χ2n) is 4.56. The van der Waals surface area contributed by atoms with Gasteiger partial charge >= 0.3 is 0 Å². The van der Waals surface area contributed by atoms with Crippen molar-refractivity contribution in [1.82, 2.24) is 4.98 Å². The van der Waals surface area contributed by atoms with Gasteiger partial charge in [-0.1, -0.05) is 31.5 Å². The van der Waals surface area contributed by atoms with Crippen LogP contribution in [0.4, 0.5) is 5.82 Å². The molecular formula is C14H14ClN3S. The summed E-state index contributed by atoms with van der Waals surface area (Å²) in [5.74, 6) is 1.04. The summed E-state index contributed by atoms with van der Waals surface area (Å²) in [6.07, 6.45) is 0. The molecule has 98 valence electrons. The number of anilines is 1. The van der Waals surface area contributed by atoms with E-state index in [1.807, 2.05) is 6.07 Å². The quantitative estimate of drug-likeness (QED) is 0.845. The van der Waals surface area contributed by atoms with Gasteiger partial charge in [-0.15, -0.1) is 11.3 Å². The Balaban J connectivity index is 2.28. The first-order valence-corrected chi connectivity index (χ1v) is 7.23. The molecule has 0 spiro atoms. The summed E-state index contributed by atoms with van der Waals surface area (Å²) in [6, 6.07) is 9.65. The third-order valence-corrected chi connectivity index (χ3v) is 3.89. The van der Waals surface area contributed by atoms with Gasteiger partial charge < -0.3 is 5.32 Å². The standard InChI is InChI=1S/C14H14ClN3S/c1-9(2)14(11-4-3-5-19-11)18-13-7-10(8-16)6-12(15)17-13/h3-7,9,14H,1-2H3,(H,17,18). The first-order chi connectivity index (χ1) is 9.10. The Morgan fingerprint density at radius 1 is 1.42 bits per heavy atom. The molecule has 0 aliphatic rings. The van der Waals surface area contributed by atoms with E-state index in [-0.39, 0.29) is 6.04 Å². The largest absolute Gasteiger partial charge is 0.362 e. The molecule has 1 atom stereocenters. The second-order valence-corrected chi connectivity index (χ2v) is 5.92. The predicted molar refractivity (Wildman–Crippen MR) is 79.5 cm³/mol. The van der Waals surface area contributed by atoms with Crippen LogP contribution in [0.5, 0.6) is 0 Å². The molecule has 2 aromatic rings. The summed E-state index contributed by atoms with van der Waals surface area (Å²) in [4.78, 5) is 5.47.